The summed E-state index contributed by atoms with van der Waals surface area (Å²) >= 11 is 0. The number of benzene rings is 8. The fraction of sp³-hybridized carbons (Fsp3) is 0. The van der Waals surface area contributed by atoms with Gasteiger partial charge in [-0.3, -0.25) is 0 Å². The molecule has 218 valence electrons. The van der Waals surface area contributed by atoms with Crippen LogP contribution in [0, 0.1) is 11.3 Å². The molecule has 0 aliphatic carbocycles. The molecule has 0 atom stereocenters. The molecule has 0 aliphatic heterocycles. The molecule has 0 N–H and O–H groups in total. The third-order valence-electron chi connectivity index (χ3n) is 9.38. The quantitative estimate of drug-likeness (QED) is 0.186. The maximum atomic E-state index is 10.2. The third kappa shape index (κ3) is 4.33. The summed E-state index contributed by atoms with van der Waals surface area (Å²) in [6.07, 6.45) is 0. The fourth-order valence-electron chi connectivity index (χ4n) is 7.36. The minimum absolute atomic E-state index is 0.643. The molecule has 0 spiro atoms. The van der Waals surface area contributed by atoms with Crippen molar-refractivity contribution in [3.63, 3.8) is 0 Å². The van der Waals surface area contributed by atoms with Crippen molar-refractivity contribution in [2.24, 2.45) is 0 Å². The summed E-state index contributed by atoms with van der Waals surface area (Å²) < 4.78 is 2.33. The second kappa shape index (κ2) is 10.9. The first-order valence-corrected chi connectivity index (χ1v) is 15.9. The topological polar surface area (TPSA) is 28.7 Å². The van der Waals surface area contributed by atoms with Crippen LogP contribution >= 0.6 is 0 Å². The molecule has 0 saturated heterocycles. The number of nitriles is 1. The van der Waals surface area contributed by atoms with Gasteiger partial charge in [0.25, 0.3) is 0 Å². The highest BCUT2D eigenvalue weighted by molar-refractivity contribution is 6.21. The molecule has 2 nitrogen and oxygen atoms in total. The lowest BCUT2D eigenvalue weighted by molar-refractivity contribution is 1.18. The van der Waals surface area contributed by atoms with Gasteiger partial charge in [0.15, 0.2) is 0 Å². The van der Waals surface area contributed by atoms with Crippen LogP contribution in [0.5, 0.6) is 0 Å². The van der Waals surface area contributed by atoms with Gasteiger partial charge in [0.05, 0.1) is 22.7 Å². The lowest BCUT2D eigenvalue weighted by Crippen LogP contribution is -1.94. The van der Waals surface area contributed by atoms with Gasteiger partial charge >= 0.3 is 0 Å². The van der Waals surface area contributed by atoms with Crippen LogP contribution in [-0.2, 0) is 0 Å². The Morgan fingerprint density at radius 2 is 0.809 bits per heavy atom. The first kappa shape index (κ1) is 26.9. The highest BCUT2D eigenvalue weighted by atomic mass is 15.0. The van der Waals surface area contributed by atoms with Crippen molar-refractivity contribution in [2.45, 2.75) is 0 Å². The van der Waals surface area contributed by atoms with Crippen LogP contribution in [-0.4, -0.2) is 4.57 Å². The molecule has 0 unspecified atom stereocenters. The van der Waals surface area contributed by atoms with E-state index in [0.29, 0.717) is 5.56 Å². The van der Waals surface area contributed by atoms with Crippen molar-refractivity contribution in [1.82, 2.24) is 4.57 Å². The van der Waals surface area contributed by atoms with Crippen LogP contribution in [0.1, 0.15) is 5.56 Å². The van der Waals surface area contributed by atoms with Gasteiger partial charge in [-0.25, -0.2) is 0 Å². The van der Waals surface area contributed by atoms with E-state index in [9.17, 15) is 5.26 Å². The molecule has 8 aromatic carbocycles. The lowest BCUT2D eigenvalue weighted by atomic mass is 9.85. The Balaban J connectivity index is 1.23. The number of hydrogen-bond acceptors (Lipinski definition) is 1. The fourth-order valence-corrected chi connectivity index (χ4v) is 7.36. The van der Waals surface area contributed by atoms with Gasteiger partial charge in [0.1, 0.15) is 0 Å². The van der Waals surface area contributed by atoms with Gasteiger partial charge < -0.3 is 4.57 Å². The summed E-state index contributed by atoms with van der Waals surface area (Å²) in [7, 11) is 0. The average Bonchev–Trinajstić information content (AvgIpc) is 3.48. The van der Waals surface area contributed by atoms with Gasteiger partial charge in [-0.05, 0) is 97.4 Å². The van der Waals surface area contributed by atoms with Crippen molar-refractivity contribution in [1.29, 1.82) is 5.26 Å². The lowest BCUT2D eigenvalue weighted by Gasteiger charge is -2.18. The Morgan fingerprint density at radius 1 is 0.362 bits per heavy atom. The smallest absolute Gasteiger partial charge is 0.0992 e. The Labute approximate surface area is 273 Å². The maximum absolute atomic E-state index is 10.2. The Morgan fingerprint density at radius 3 is 1.34 bits per heavy atom. The predicted molar refractivity (Wildman–Crippen MR) is 197 cm³/mol. The van der Waals surface area contributed by atoms with E-state index in [-0.39, 0.29) is 0 Å². The SMILES string of the molecule is N#Cc1cc(-c2ccc(-n3c4ccccc4c4ccccc43)cc2)cc(-c2c3ccccc3c(-c3ccccc3)c3ccccc23)c1. The minimum atomic E-state index is 0.643. The average molecular weight is 597 g/mol. The Hall–Kier alpha value is -6.43. The second-order valence-corrected chi connectivity index (χ2v) is 12.0. The first-order valence-electron chi connectivity index (χ1n) is 15.9. The molecule has 0 fully saturated rings. The summed E-state index contributed by atoms with van der Waals surface area (Å²) in [5, 5.41) is 17.5. The van der Waals surface area contributed by atoms with Crippen LogP contribution in [0.25, 0.3) is 82.4 Å². The van der Waals surface area contributed by atoms with Crippen LogP contribution in [0.3, 0.4) is 0 Å². The maximum Gasteiger partial charge on any atom is 0.0992 e. The van der Waals surface area contributed by atoms with E-state index in [0.717, 1.165) is 27.9 Å². The van der Waals surface area contributed by atoms with Crippen molar-refractivity contribution in [2.75, 3.05) is 0 Å². The van der Waals surface area contributed by atoms with Gasteiger partial charge in [-0.1, -0.05) is 127 Å². The molecule has 0 bridgehead atoms. The van der Waals surface area contributed by atoms with Crippen LogP contribution < -0.4 is 0 Å². The van der Waals surface area contributed by atoms with E-state index >= 15 is 0 Å². The largest absolute Gasteiger partial charge is 0.309 e. The molecule has 1 heterocycles. The van der Waals surface area contributed by atoms with Crippen molar-refractivity contribution in [3.05, 3.63) is 175 Å². The molecule has 47 heavy (non-hydrogen) atoms. The Kier molecular flexibility index (Phi) is 6.23. The summed E-state index contributed by atoms with van der Waals surface area (Å²) in [5.74, 6) is 0. The molecule has 0 aliphatic rings. The van der Waals surface area contributed by atoms with Crippen molar-refractivity contribution < 1.29 is 0 Å². The second-order valence-electron chi connectivity index (χ2n) is 12.0. The molecular weight excluding hydrogens is 569 g/mol. The molecule has 1 aromatic heterocycles. The molecular formula is C45H28N2. The van der Waals surface area contributed by atoms with E-state index < -0.39 is 0 Å². The van der Waals surface area contributed by atoms with Crippen LogP contribution in [0.4, 0.5) is 0 Å². The number of para-hydroxylation sites is 2. The standard InChI is InChI=1S/C45H28N2/c46-29-30-26-33(31-22-24-35(25-23-31)47-42-20-10-8-14-36(42)37-15-9-11-21-43(37)47)28-34(27-30)45-40-18-6-4-16-38(40)44(32-12-2-1-3-13-32)39-17-5-7-19-41(39)45/h1-28H. The normalized spacial score (nSPS) is 11.4. The molecule has 0 radical (unpaired) electrons. The van der Waals surface area contributed by atoms with Gasteiger partial charge in [0.2, 0.25) is 0 Å². The first-order chi connectivity index (χ1) is 23.3. The number of fused-ring (bicyclic) bond motifs is 5. The van der Waals surface area contributed by atoms with E-state index in [2.05, 4.69) is 168 Å². The van der Waals surface area contributed by atoms with Crippen LogP contribution in [0.15, 0.2) is 170 Å². The summed E-state index contributed by atoms with van der Waals surface area (Å²) in [5.41, 5.74) is 10.8. The highest BCUT2D eigenvalue weighted by Crippen LogP contribution is 2.44. The van der Waals surface area contributed by atoms with E-state index in [1.165, 1.54) is 54.5 Å². The molecule has 9 aromatic rings. The number of nitrogens with zero attached hydrogens (tertiary/aromatic N) is 2. The summed E-state index contributed by atoms with van der Waals surface area (Å²) in [6.45, 7) is 0. The number of hydrogen-bond donors (Lipinski definition) is 0. The molecule has 0 amide bonds. The Bertz CT molecular complexity index is 2560. The monoisotopic (exact) mass is 596 g/mol. The van der Waals surface area contributed by atoms with E-state index in [4.69, 9.17) is 0 Å². The van der Waals surface area contributed by atoms with Crippen molar-refractivity contribution >= 4 is 43.4 Å². The molecule has 2 heteroatoms. The minimum Gasteiger partial charge on any atom is -0.309 e. The van der Waals surface area contributed by atoms with Gasteiger partial charge in [0, 0.05) is 16.5 Å². The zero-order chi connectivity index (χ0) is 31.3. The zero-order valence-electron chi connectivity index (χ0n) is 25.6. The van der Waals surface area contributed by atoms with E-state index in [1.807, 2.05) is 12.1 Å². The summed E-state index contributed by atoms with van der Waals surface area (Å²) in [4.78, 5) is 0. The number of rotatable bonds is 4. The van der Waals surface area contributed by atoms with E-state index in [1.54, 1.807) is 0 Å². The predicted octanol–water partition coefficient (Wildman–Crippen LogP) is 12.0. The van der Waals surface area contributed by atoms with Gasteiger partial charge in [-0.15, -0.1) is 0 Å². The summed E-state index contributed by atoms with van der Waals surface area (Å²) in [6, 6.07) is 62.5. The molecule has 9 rings (SSSR count). The zero-order valence-corrected chi connectivity index (χ0v) is 25.6. The number of aromatic nitrogens is 1. The third-order valence-corrected chi connectivity index (χ3v) is 9.38. The van der Waals surface area contributed by atoms with Gasteiger partial charge in [-0.2, -0.15) is 5.26 Å². The highest BCUT2D eigenvalue weighted by Gasteiger charge is 2.18. The molecule has 0 saturated carbocycles. The van der Waals surface area contributed by atoms with Crippen LogP contribution in [0.2, 0.25) is 0 Å². The van der Waals surface area contributed by atoms with Crippen molar-refractivity contribution in [3.8, 4) is 45.1 Å².